The van der Waals surface area contributed by atoms with Gasteiger partial charge in [0.1, 0.15) is 0 Å². The van der Waals surface area contributed by atoms with Crippen LogP contribution in [0.4, 0.5) is 20.2 Å². The molecule has 0 saturated carbocycles. The highest BCUT2D eigenvalue weighted by Gasteiger charge is 2.37. The van der Waals surface area contributed by atoms with Crippen molar-refractivity contribution >= 4 is 29.2 Å². The number of halogens is 2. The standard InChI is InChI=1S/C22H22F2N2O4/c1-12-5-4-6-19(13(12)2)26-11-15(9-20(26)27)22(29)30-14(3)21(28)25-16-7-8-17(23)18(24)10-16/h4-8,10,14-15H,9,11H2,1-3H3,(H,25,28)/t14-,15-/m1/s1. The smallest absolute Gasteiger partial charge is 0.312 e. The van der Waals surface area contributed by atoms with Crippen molar-refractivity contribution in [1.82, 2.24) is 0 Å². The quantitative estimate of drug-likeness (QED) is 0.757. The highest BCUT2D eigenvalue weighted by atomic mass is 19.2. The second-order valence-corrected chi connectivity index (χ2v) is 7.32. The number of nitrogens with zero attached hydrogens (tertiary/aromatic N) is 1. The van der Waals surface area contributed by atoms with E-state index in [9.17, 15) is 23.2 Å². The maximum Gasteiger partial charge on any atom is 0.312 e. The van der Waals surface area contributed by atoms with Crippen molar-refractivity contribution in [3.05, 3.63) is 59.2 Å². The first-order valence-corrected chi connectivity index (χ1v) is 9.50. The SMILES string of the molecule is Cc1cccc(N2C[C@H](C(=O)O[C@H](C)C(=O)Nc3ccc(F)c(F)c3)CC2=O)c1C. The van der Waals surface area contributed by atoms with Crippen LogP contribution in [0.5, 0.6) is 0 Å². The summed E-state index contributed by atoms with van der Waals surface area (Å²) in [6, 6.07) is 8.53. The minimum atomic E-state index is -1.17. The van der Waals surface area contributed by atoms with Crippen molar-refractivity contribution in [3.8, 4) is 0 Å². The number of esters is 1. The molecule has 158 valence electrons. The number of hydrogen-bond acceptors (Lipinski definition) is 4. The maximum absolute atomic E-state index is 13.3. The highest BCUT2D eigenvalue weighted by Crippen LogP contribution is 2.30. The molecule has 8 heteroatoms. The normalized spacial score (nSPS) is 17.0. The summed E-state index contributed by atoms with van der Waals surface area (Å²) in [5.74, 6) is -4.38. The van der Waals surface area contributed by atoms with Crippen LogP contribution < -0.4 is 10.2 Å². The molecule has 0 radical (unpaired) electrons. The van der Waals surface area contributed by atoms with Gasteiger partial charge in [-0.25, -0.2) is 8.78 Å². The second-order valence-electron chi connectivity index (χ2n) is 7.32. The molecule has 1 N–H and O–H groups in total. The van der Waals surface area contributed by atoms with Gasteiger partial charge in [-0.05, 0) is 50.1 Å². The molecule has 1 fully saturated rings. The molecule has 0 aromatic heterocycles. The lowest BCUT2D eigenvalue weighted by Crippen LogP contribution is -2.33. The lowest BCUT2D eigenvalue weighted by atomic mass is 10.1. The molecular weight excluding hydrogens is 394 g/mol. The minimum absolute atomic E-state index is 0.0102. The molecule has 2 aromatic rings. The number of benzene rings is 2. The van der Waals surface area contributed by atoms with E-state index in [2.05, 4.69) is 5.32 Å². The van der Waals surface area contributed by atoms with E-state index in [0.29, 0.717) is 0 Å². The van der Waals surface area contributed by atoms with E-state index in [0.717, 1.165) is 28.9 Å². The molecule has 1 aliphatic rings. The van der Waals surface area contributed by atoms with E-state index in [1.54, 1.807) is 4.90 Å². The van der Waals surface area contributed by atoms with Gasteiger partial charge in [0.05, 0.1) is 5.92 Å². The summed E-state index contributed by atoms with van der Waals surface area (Å²) in [4.78, 5) is 38.7. The Morgan fingerprint density at radius 1 is 1.17 bits per heavy atom. The first-order chi connectivity index (χ1) is 14.2. The van der Waals surface area contributed by atoms with Gasteiger partial charge in [0.2, 0.25) is 5.91 Å². The summed E-state index contributed by atoms with van der Waals surface area (Å²) in [5, 5.41) is 2.36. The topological polar surface area (TPSA) is 75.7 Å². The largest absolute Gasteiger partial charge is 0.452 e. The molecule has 3 rings (SSSR count). The lowest BCUT2D eigenvalue weighted by molar-refractivity contribution is -0.157. The third-order valence-electron chi connectivity index (χ3n) is 5.17. The number of hydrogen-bond donors (Lipinski definition) is 1. The van der Waals surface area contributed by atoms with Gasteiger partial charge < -0.3 is 15.0 Å². The van der Waals surface area contributed by atoms with E-state index in [-0.39, 0.29) is 24.6 Å². The van der Waals surface area contributed by atoms with Crippen molar-refractivity contribution in [3.63, 3.8) is 0 Å². The zero-order chi connectivity index (χ0) is 22.0. The van der Waals surface area contributed by atoms with Gasteiger partial charge in [0.25, 0.3) is 5.91 Å². The summed E-state index contributed by atoms with van der Waals surface area (Å²) in [6.45, 7) is 5.39. The predicted molar refractivity (Wildman–Crippen MR) is 107 cm³/mol. The zero-order valence-corrected chi connectivity index (χ0v) is 16.9. The molecule has 0 spiro atoms. The van der Waals surface area contributed by atoms with Crippen LogP contribution in [0.15, 0.2) is 36.4 Å². The number of amides is 2. The van der Waals surface area contributed by atoms with E-state index in [4.69, 9.17) is 4.74 Å². The Morgan fingerprint density at radius 3 is 2.60 bits per heavy atom. The van der Waals surface area contributed by atoms with Crippen molar-refractivity contribution < 1.29 is 27.9 Å². The molecular formula is C22H22F2N2O4. The summed E-state index contributed by atoms with van der Waals surface area (Å²) < 4.78 is 31.5. The molecule has 0 aliphatic carbocycles. The van der Waals surface area contributed by atoms with Crippen LogP contribution in [-0.4, -0.2) is 30.4 Å². The second kappa shape index (κ2) is 8.61. The van der Waals surface area contributed by atoms with Crippen LogP contribution in [0, 0.1) is 31.4 Å². The molecule has 6 nitrogen and oxygen atoms in total. The molecule has 1 saturated heterocycles. The number of nitrogens with one attached hydrogen (secondary N) is 1. The third-order valence-corrected chi connectivity index (χ3v) is 5.17. The van der Waals surface area contributed by atoms with Gasteiger partial charge in [0, 0.05) is 30.4 Å². The van der Waals surface area contributed by atoms with Gasteiger partial charge in [-0.15, -0.1) is 0 Å². The van der Waals surface area contributed by atoms with Crippen LogP contribution >= 0.6 is 0 Å². The summed E-state index contributed by atoms with van der Waals surface area (Å²) in [5.41, 5.74) is 2.78. The van der Waals surface area contributed by atoms with E-state index in [1.165, 1.54) is 13.0 Å². The fourth-order valence-electron chi connectivity index (χ4n) is 3.27. The van der Waals surface area contributed by atoms with Crippen molar-refractivity contribution in [2.24, 2.45) is 5.92 Å². The fourth-order valence-corrected chi connectivity index (χ4v) is 3.27. The van der Waals surface area contributed by atoms with Gasteiger partial charge in [0.15, 0.2) is 17.7 Å². The Labute approximate surface area is 172 Å². The predicted octanol–water partition coefficient (Wildman–Crippen LogP) is 3.50. The van der Waals surface area contributed by atoms with E-state index < -0.39 is 35.5 Å². The molecule has 2 aromatic carbocycles. The number of rotatable bonds is 5. The number of ether oxygens (including phenoxy) is 1. The van der Waals surface area contributed by atoms with E-state index >= 15 is 0 Å². The molecule has 2 amide bonds. The Kier molecular flexibility index (Phi) is 6.14. The molecule has 0 unspecified atom stereocenters. The summed E-state index contributed by atoms with van der Waals surface area (Å²) in [7, 11) is 0. The minimum Gasteiger partial charge on any atom is -0.452 e. The number of aryl methyl sites for hydroxylation is 1. The van der Waals surface area contributed by atoms with Crippen LogP contribution in [0.2, 0.25) is 0 Å². The van der Waals surface area contributed by atoms with Crippen LogP contribution in [0.1, 0.15) is 24.5 Å². The van der Waals surface area contributed by atoms with Crippen LogP contribution in [0.25, 0.3) is 0 Å². The van der Waals surface area contributed by atoms with Gasteiger partial charge in [-0.1, -0.05) is 12.1 Å². The van der Waals surface area contributed by atoms with Crippen molar-refractivity contribution in [2.75, 3.05) is 16.8 Å². The van der Waals surface area contributed by atoms with Crippen molar-refractivity contribution in [2.45, 2.75) is 33.3 Å². The first-order valence-electron chi connectivity index (χ1n) is 9.50. The van der Waals surface area contributed by atoms with Crippen molar-refractivity contribution in [1.29, 1.82) is 0 Å². The average molecular weight is 416 g/mol. The van der Waals surface area contributed by atoms with Gasteiger partial charge >= 0.3 is 5.97 Å². The monoisotopic (exact) mass is 416 g/mol. The van der Waals surface area contributed by atoms with Gasteiger partial charge in [-0.2, -0.15) is 0 Å². The molecule has 1 heterocycles. The Bertz CT molecular complexity index is 1010. The summed E-state index contributed by atoms with van der Waals surface area (Å²) in [6.07, 6.45) is -1.18. The zero-order valence-electron chi connectivity index (χ0n) is 16.9. The lowest BCUT2D eigenvalue weighted by Gasteiger charge is -2.20. The average Bonchev–Trinajstić information content (AvgIpc) is 3.08. The Balaban J connectivity index is 1.61. The van der Waals surface area contributed by atoms with Crippen LogP contribution in [-0.2, 0) is 19.1 Å². The fraction of sp³-hybridized carbons (Fsp3) is 0.318. The third kappa shape index (κ3) is 4.48. The Hall–Kier alpha value is -3.29. The van der Waals surface area contributed by atoms with Gasteiger partial charge in [-0.3, -0.25) is 14.4 Å². The molecule has 2 atom stereocenters. The van der Waals surface area contributed by atoms with Crippen LogP contribution in [0.3, 0.4) is 0 Å². The Morgan fingerprint density at radius 2 is 1.90 bits per heavy atom. The molecule has 30 heavy (non-hydrogen) atoms. The summed E-state index contributed by atoms with van der Waals surface area (Å²) >= 11 is 0. The van der Waals surface area contributed by atoms with E-state index in [1.807, 2.05) is 32.0 Å². The molecule has 1 aliphatic heterocycles. The number of anilines is 2. The number of carbonyl (C=O) groups excluding carboxylic acids is 3. The maximum atomic E-state index is 13.3. The molecule has 0 bridgehead atoms. The number of carbonyl (C=O) groups is 3. The first kappa shape index (κ1) is 21.4. The highest BCUT2D eigenvalue weighted by molar-refractivity contribution is 6.01.